The first kappa shape index (κ1) is 5.77. The Hall–Kier alpha value is -1.84. The first-order valence-corrected chi connectivity index (χ1v) is 3.72. The molecule has 0 amide bonds. The number of fused-ring (bicyclic) bond motifs is 3. The number of pyridine rings is 1. The Bertz CT molecular complexity index is 533. The zero-order valence-corrected chi connectivity index (χ0v) is 6.25. The molecular formula is C8H6N4. The van der Waals surface area contributed by atoms with E-state index in [4.69, 9.17) is 0 Å². The molecule has 3 aromatic heterocycles. The molecule has 0 aliphatic heterocycles. The van der Waals surface area contributed by atoms with Gasteiger partial charge >= 0.3 is 0 Å². The summed E-state index contributed by atoms with van der Waals surface area (Å²) in [5.74, 6) is 0. The van der Waals surface area contributed by atoms with E-state index in [1.807, 2.05) is 35.1 Å². The van der Waals surface area contributed by atoms with Gasteiger partial charge in [0.1, 0.15) is 5.65 Å². The normalized spacial score (nSPS) is 11.3. The van der Waals surface area contributed by atoms with E-state index < -0.39 is 0 Å². The zero-order valence-electron chi connectivity index (χ0n) is 6.25. The molecule has 0 fully saturated rings. The van der Waals surface area contributed by atoms with Gasteiger partial charge < -0.3 is 0 Å². The second-order valence-corrected chi connectivity index (χ2v) is 2.60. The van der Waals surface area contributed by atoms with E-state index in [0.717, 1.165) is 11.2 Å². The fraction of sp³-hybridized carbons (Fsp3) is 0. The van der Waals surface area contributed by atoms with Crippen LogP contribution in [0.4, 0.5) is 0 Å². The topological polar surface area (TPSA) is 35.5 Å². The van der Waals surface area contributed by atoms with Crippen LogP contribution in [-0.2, 0) is 0 Å². The average molecular weight is 158 g/mol. The van der Waals surface area contributed by atoms with Gasteiger partial charge in [-0.1, -0.05) is 6.07 Å². The van der Waals surface area contributed by atoms with Gasteiger partial charge in [0.05, 0.1) is 0 Å². The smallest absolute Gasteiger partial charge is 0.190 e. The highest BCUT2D eigenvalue weighted by atomic mass is 15.5. The highest BCUT2D eigenvalue weighted by Crippen LogP contribution is 2.02. The summed E-state index contributed by atoms with van der Waals surface area (Å²) < 4.78 is 3.66. The van der Waals surface area contributed by atoms with Crippen LogP contribution in [0.3, 0.4) is 0 Å². The SMILES string of the molecule is c1cnc2c(c1)[n-][n+]1cccn21. The van der Waals surface area contributed by atoms with Crippen molar-refractivity contribution in [3.63, 3.8) is 0 Å². The fourth-order valence-corrected chi connectivity index (χ4v) is 1.34. The Morgan fingerprint density at radius 3 is 3.42 bits per heavy atom. The molecule has 3 aromatic rings. The largest absolute Gasteiger partial charge is 0.255 e. The molecule has 0 radical (unpaired) electrons. The summed E-state index contributed by atoms with van der Waals surface area (Å²) in [7, 11) is 0. The van der Waals surface area contributed by atoms with Crippen molar-refractivity contribution in [1.29, 1.82) is 0 Å². The zero-order chi connectivity index (χ0) is 7.97. The van der Waals surface area contributed by atoms with Crippen LogP contribution in [0.5, 0.6) is 0 Å². The maximum absolute atomic E-state index is 4.29. The summed E-state index contributed by atoms with van der Waals surface area (Å²) in [4.78, 5) is 4.22. The number of nitrogens with zero attached hydrogens (tertiary/aromatic N) is 4. The molecule has 12 heavy (non-hydrogen) atoms. The van der Waals surface area contributed by atoms with Gasteiger partial charge in [-0.05, 0) is 12.3 Å². The lowest BCUT2D eigenvalue weighted by Crippen LogP contribution is -2.28. The molecule has 0 aromatic carbocycles. The third-order valence-corrected chi connectivity index (χ3v) is 1.86. The van der Waals surface area contributed by atoms with Gasteiger partial charge in [-0.15, -0.1) is 4.63 Å². The molecule has 0 saturated heterocycles. The first-order valence-electron chi connectivity index (χ1n) is 3.72. The number of hydrogen-bond acceptors (Lipinski definition) is 1. The van der Waals surface area contributed by atoms with Crippen LogP contribution >= 0.6 is 0 Å². The molecule has 0 spiro atoms. The second-order valence-electron chi connectivity index (χ2n) is 2.60. The molecule has 0 aliphatic rings. The predicted octanol–water partition coefficient (Wildman–Crippen LogP) is 0.0302. The lowest BCUT2D eigenvalue weighted by molar-refractivity contribution is -0.674. The van der Waals surface area contributed by atoms with Crippen molar-refractivity contribution in [2.45, 2.75) is 0 Å². The summed E-state index contributed by atoms with van der Waals surface area (Å²) in [6, 6.07) is 5.76. The molecule has 0 bridgehead atoms. The van der Waals surface area contributed by atoms with Crippen LogP contribution in [0.25, 0.3) is 11.2 Å². The highest BCUT2D eigenvalue weighted by Gasteiger charge is 1.99. The quantitative estimate of drug-likeness (QED) is 0.433. The third kappa shape index (κ3) is 0.567. The van der Waals surface area contributed by atoms with Crippen molar-refractivity contribution in [2.24, 2.45) is 0 Å². The van der Waals surface area contributed by atoms with E-state index in [2.05, 4.69) is 10.1 Å². The lowest BCUT2D eigenvalue weighted by atomic mass is 10.4. The molecule has 0 unspecified atom stereocenters. The number of aromatic nitrogens is 4. The van der Waals surface area contributed by atoms with Crippen molar-refractivity contribution in [3.05, 3.63) is 36.8 Å². The van der Waals surface area contributed by atoms with E-state index in [1.54, 1.807) is 10.8 Å². The summed E-state index contributed by atoms with van der Waals surface area (Å²) in [6.07, 6.45) is 5.59. The summed E-state index contributed by atoms with van der Waals surface area (Å²) in [5.41, 5.74) is 1.81. The van der Waals surface area contributed by atoms with E-state index in [-0.39, 0.29) is 0 Å². The molecular weight excluding hydrogens is 152 g/mol. The van der Waals surface area contributed by atoms with E-state index in [0.29, 0.717) is 0 Å². The summed E-state index contributed by atoms with van der Waals surface area (Å²) in [5, 5.41) is 4.29. The Kier molecular flexibility index (Phi) is 0.889. The highest BCUT2D eigenvalue weighted by molar-refractivity contribution is 5.67. The van der Waals surface area contributed by atoms with Crippen LogP contribution in [-0.4, -0.2) is 9.50 Å². The molecule has 0 saturated carbocycles. The van der Waals surface area contributed by atoms with Gasteiger partial charge in [0, 0.05) is 17.8 Å². The second kappa shape index (κ2) is 1.85. The van der Waals surface area contributed by atoms with Crippen molar-refractivity contribution in [2.75, 3.05) is 0 Å². The van der Waals surface area contributed by atoms with Crippen molar-refractivity contribution in [1.82, 2.24) is 14.6 Å². The average Bonchev–Trinajstić information content (AvgIpc) is 2.62. The predicted molar refractivity (Wildman–Crippen MR) is 41.7 cm³/mol. The van der Waals surface area contributed by atoms with Crippen LogP contribution in [0.15, 0.2) is 36.8 Å². The monoisotopic (exact) mass is 158 g/mol. The van der Waals surface area contributed by atoms with E-state index in [9.17, 15) is 0 Å². The molecule has 4 nitrogen and oxygen atoms in total. The molecule has 3 rings (SSSR count). The van der Waals surface area contributed by atoms with Crippen LogP contribution < -0.4 is 9.73 Å². The lowest BCUT2D eigenvalue weighted by Gasteiger charge is -1.87. The maximum atomic E-state index is 4.29. The van der Waals surface area contributed by atoms with Gasteiger partial charge in [0.25, 0.3) is 0 Å². The fourth-order valence-electron chi connectivity index (χ4n) is 1.34. The van der Waals surface area contributed by atoms with E-state index >= 15 is 0 Å². The van der Waals surface area contributed by atoms with Crippen LogP contribution in [0.1, 0.15) is 0 Å². The molecule has 0 aliphatic carbocycles. The molecule has 0 N–H and O–H groups in total. The van der Waals surface area contributed by atoms with Crippen LogP contribution in [0.2, 0.25) is 0 Å². The molecule has 58 valence electrons. The minimum Gasteiger partial charge on any atom is -0.255 e. The minimum absolute atomic E-state index is 0.891. The molecule has 3 heterocycles. The number of rotatable bonds is 0. The van der Waals surface area contributed by atoms with Gasteiger partial charge in [-0.2, -0.15) is 5.10 Å². The Labute approximate surface area is 68.0 Å². The van der Waals surface area contributed by atoms with Gasteiger partial charge in [0.2, 0.25) is 0 Å². The van der Waals surface area contributed by atoms with Crippen molar-refractivity contribution in [3.8, 4) is 0 Å². The summed E-state index contributed by atoms with van der Waals surface area (Å²) >= 11 is 0. The summed E-state index contributed by atoms with van der Waals surface area (Å²) in [6.45, 7) is 0. The van der Waals surface area contributed by atoms with Crippen LogP contribution in [0, 0.1) is 0 Å². The first-order chi connectivity index (χ1) is 5.95. The standard InChI is InChI=1S/C8H6N4/c1-3-7-8(9-4-1)11-5-2-6-12(11)10-7/h1-6H. The Balaban J connectivity index is 2.68. The minimum atomic E-state index is 0.891. The molecule has 4 heteroatoms. The van der Waals surface area contributed by atoms with Crippen molar-refractivity contribution < 1.29 is 4.63 Å². The van der Waals surface area contributed by atoms with E-state index in [1.165, 1.54) is 0 Å². The van der Waals surface area contributed by atoms with Gasteiger partial charge in [-0.25, -0.2) is 4.52 Å². The van der Waals surface area contributed by atoms with Crippen molar-refractivity contribution >= 4 is 11.2 Å². The Morgan fingerprint density at radius 1 is 1.42 bits per heavy atom. The maximum Gasteiger partial charge on any atom is 0.190 e. The van der Waals surface area contributed by atoms with Gasteiger partial charge in [0.15, 0.2) is 6.20 Å². The molecule has 0 atom stereocenters. The Morgan fingerprint density at radius 2 is 2.42 bits per heavy atom. The van der Waals surface area contributed by atoms with Gasteiger partial charge in [-0.3, -0.25) is 4.98 Å². The number of hydrogen-bond donors (Lipinski definition) is 0. The third-order valence-electron chi connectivity index (χ3n) is 1.86.